The molecular formula is C12H11BrN2O2. The Labute approximate surface area is 107 Å². The van der Waals surface area contributed by atoms with Crippen LogP contribution < -0.4 is 4.74 Å². The number of carbonyl (C=O) groups excluding carboxylic acids is 1. The summed E-state index contributed by atoms with van der Waals surface area (Å²) in [6, 6.07) is 5.37. The lowest BCUT2D eigenvalue weighted by Gasteiger charge is -2.06. The van der Waals surface area contributed by atoms with Gasteiger partial charge in [-0.25, -0.2) is 0 Å². The van der Waals surface area contributed by atoms with E-state index in [1.165, 1.54) is 0 Å². The van der Waals surface area contributed by atoms with E-state index in [0.29, 0.717) is 11.4 Å². The number of Topliss-reactive ketones (excluding diaryl/α,β-unsaturated/α-hetero) is 1. The molecule has 0 spiro atoms. The van der Waals surface area contributed by atoms with Gasteiger partial charge in [0, 0.05) is 23.9 Å². The Morgan fingerprint density at radius 2 is 2.35 bits per heavy atom. The smallest absolute Gasteiger partial charge is 0.216 e. The highest BCUT2D eigenvalue weighted by molar-refractivity contribution is 9.10. The molecule has 0 amide bonds. The lowest BCUT2D eigenvalue weighted by Crippen LogP contribution is -2.14. The number of hydrogen-bond donors (Lipinski definition) is 0. The summed E-state index contributed by atoms with van der Waals surface area (Å²) >= 11 is 3.29. The predicted octanol–water partition coefficient (Wildman–Crippen LogP) is 2.44. The maximum absolute atomic E-state index is 11.8. The second-order valence-electron chi connectivity index (χ2n) is 3.56. The first kappa shape index (κ1) is 11.9. The summed E-state index contributed by atoms with van der Waals surface area (Å²) < 4.78 is 7.96. The molecule has 0 atom stereocenters. The average molecular weight is 295 g/mol. The largest absolute Gasteiger partial charge is 0.484 e. The van der Waals surface area contributed by atoms with E-state index in [9.17, 15) is 4.79 Å². The van der Waals surface area contributed by atoms with E-state index in [1.807, 2.05) is 19.3 Å². The molecule has 0 N–H and O–H groups in total. The zero-order valence-corrected chi connectivity index (χ0v) is 10.8. The fraction of sp³-hybridized carbons (Fsp3) is 0.167. The van der Waals surface area contributed by atoms with Crippen molar-refractivity contribution in [2.24, 2.45) is 7.05 Å². The van der Waals surface area contributed by atoms with Crippen LogP contribution in [0.1, 0.15) is 10.5 Å². The maximum atomic E-state index is 11.8. The van der Waals surface area contributed by atoms with Crippen LogP contribution in [0.5, 0.6) is 5.75 Å². The highest BCUT2D eigenvalue weighted by Gasteiger charge is 2.09. The Bertz CT molecular complexity index is 537. The zero-order valence-electron chi connectivity index (χ0n) is 9.26. The Balaban J connectivity index is 1.99. The van der Waals surface area contributed by atoms with E-state index in [2.05, 4.69) is 20.9 Å². The number of pyridine rings is 1. The van der Waals surface area contributed by atoms with Gasteiger partial charge in [0.25, 0.3) is 0 Å². The van der Waals surface area contributed by atoms with Gasteiger partial charge in [-0.05, 0) is 34.1 Å². The van der Waals surface area contributed by atoms with E-state index in [0.717, 1.165) is 4.47 Å². The second-order valence-corrected chi connectivity index (χ2v) is 4.47. The van der Waals surface area contributed by atoms with Crippen LogP contribution in [0.2, 0.25) is 0 Å². The first-order valence-electron chi connectivity index (χ1n) is 5.04. The minimum atomic E-state index is -0.0579. The minimum absolute atomic E-state index is 0.00991. The standard InChI is InChI=1S/C12H11BrN2O2/c1-15-4-2-3-11(15)12(16)8-17-10-5-9(13)6-14-7-10/h2-7H,8H2,1H3. The number of rotatable bonds is 4. The second kappa shape index (κ2) is 5.14. The summed E-state index contributed by atoms with van der Waals surface area (Å²) in [7, 11) is 1.83. The molecule has 0 radical (unpaired) electrons. The number of aromatic nitrogens is 2. The Morgan fingerprint density at radius 3 is 3.00 bits per heavy atom. The number of hydrogen-bond acceptors (Lipinski definition) is 3. The molecule has 4 nitrogen and oxygen atoms in total. The summed E-state index contributed by atoms with van der Waals surface area (Å²) in [5.41, 5.74) is 0.632. The van der Waals surface area contributed by atoms with Gasteiger partial charge in [-0.3, -0.25) is 9.78 Å². The Hall–Kier alpha value is -1.62. The third kappa shape index (κ3) is 2.94. The van der Waals surface area contributed by atoms with Crippen molar-refractivity contribution < 1.29 is 9.53 Å². The van der Waals surface area contributed by atoms with Gasteiger partial charge >= 0.3 is 0 Å². The molecule has 0 aliphatic rings. The van der Waals surface area contributed by atoms with Crippen LogP contribution >= 0.6 is 15.9 Å². The first-order valence-corrected chi connectivity index (χ1v) is 5.84. The van der Waals surface area contributed by atoms with Crippen molar-refractivity contribution in [1.82, 2.24) is 9.55 Å². The van der Waals surface area contributed by atoms with Crippen LogP contribution in [-0.4, -0.2) is 21.9 Å². The van der Waals surface area contributed by atoms with Crippen molar-refractivity contribution in [3.8, 4) is 5.75 Å². The number of nitrogens with zero attached hydrogens (tertiary/aromatic N) is 2. The van der Waals surface area contributed by atoms with Crippen molar-refractivity contribution in [2.45, 2.75) is 0 Å². The molecule has 5 heteroatoms. The topological polar surface area (TPSA) is 44.1 Å². The van der Waals surface area contributed by atoms with Gasteiger partial charge in [0.1, 0.15) is 5.75 Å². The summed E-state index contributed by atoms with van der Waals surface area (Å²) in [6.45, 7) is 0.00991. The van der Waals surface area contributed by atoms with Gasteiger partial charge < -0.3 is 9.30 Å². The van der Waals surface area contributed by atoms with E-state index in [4.69, 9.17) is 4.74 Å². The highest BCUT2D eigenvalue weighted by Crippen LogP contribution is 2.16. The van der Waals surface area contributed by atoms with E-state index < -0.39 is 0 Å². The normalized spacial score (nSPS) is 10.2. The third-order valence-electron chi connectivity index (χ3n) is 2.28. The quantitative estimate of drug-likeness (QED) is 0.814. The molecule has 2 aromatic rings. The fourth-order valence-corrected chi connectivity index (χ4v) is 1.79. The Kier molecular flexibility index (Phi) is 3.58. The predicted molar refractivity (Wildman–Crippen MR) is 67.2 cm³/mol. The third-order valence-corrected chi connectivity index (χ3v) is 2.71. The van der Waals surface area contributed by atoms with E-state index in [1.54, 1.807) is 29.1 Å². The van der Waals surface area contributed by atoms with Gasteiger partial charge in [-0.15, -0.1) is 0 Å². The number of carbonyl (C=O) groups is 1. The van der Waals surface area contributed by atoms with Crippen molar-refractivity contribution in [3.05, 3.63) is 47.0 Å². The van der Waals surface area contributed by atoms with Crippen LogP contribution in [0.25, 0.3) is 0 Å². The van der Waals surface area contributed by atoms with Crippen molar-refractivity contribution >= 4 is 21.7 Å². The molecule has 0 fully saturated rings. The van der Waals surface area contributed by atoms with Crippen LogP contribution in [0.15, 0.2) is 41.3 Å². The summed E-state index contributed by atoms with van der Waals surface area (Å²) in [4.78, 5) is 15.8. The molecule has 2 rings (SSSR count). The first-order chi connectivity index (χ1) is 8.16. The van der Waals surface area contributed by atoms with Crippen molar-refractivity contribution in [1.29, 1.82) is 0 Å². The molecule has 0 unspecified atom stereocenters. The van der Waals surface area contributed by atoms with E-state index >= 15 is 0 Å². The van der Waals surface area contributed by atoms with Gasteiger partial charge in [0.2, 0.25) is 5.78 Å². The zero-order chi connectivity index (χ0) is 12.3. The molecule has 2 aromatic heterocycles. The monoisotopic (exact) mass is 294 g/mol. The average Bonchev–Trinajstić information content (AvgIpc) is 2.72. The maximum Gasteiger partial charge on any atom is 0.216 e. The number of aryl methyl sites for hydroxylation is 1. The SMILES string of the molecule is Cn1cccc1C(=O)COc1cncc(Br)c1. The molecule has 88 valence electrons. The van der Waals surface area contributed by atoms with Gasteiger partial charge in [-0.2, -0.15) is 0 Å². The molecule has 2 heterocycles. The molecular weight excluding hydrogens is 284 g/mol. The number of ether oxygens (including phenoxy) is 1. The fourth-order valence-electron chi connectivity index (χ4n) is 1.44. The van der Waals surface area contributed by atoms with Crippen molar-refractivity contribution in [3.63, 3.8) is 0 Å². The highest BCUT2D eigenvalue weighted by atomic mass is 79.9. The summed E-state index contributed by atoms with van der Waals surface area (Å²) in [6.07, 6.45) is 5.06. The van der Waals surface area contributed by atoms with Gasteiger partial charge in [0.05, 0.1) is 11.9 Å². The number of halogens is 1. The molecule has 0 saturated heterocycles. The molecule has 0 bridgehead atoms. The summed E-state index contributed by atoms with van der Waals surface area (Å²) in [5, 5.41) is 0. The minimum Gasteiger partial charge on any atom is -0.484 e. The lowest BCUT2D eigenvalue weighted by atomic mass is 10.3. The van der Waals surface area contributed by atoms with Crippen molar-refractivity contribution in [2.75, 3.05) is 6.61 Å². The Morgan fingerprint density at radius 1 is 1.53 bits per heavy atom. The molecule has 0 saturated carbocycles. The lowest BCUT2D eigenvalue weighted by molar-refractivity contribution is 0.0913. The van der Waals surface area contributed by atoms with Crippen LogP contribution in [0.3, 0.4) is 0 Å². The number of ketones is 1. The molecule has 0 aliphatic heterocycles. The molecule has 0 aliphatic carbocycles. The van der Waals surface area contributed by atoms with Gasteiger partial charge in [0.15, 0.2) is 6.61 Å². The summed E-state index contributed by atoms with van der Waals surface area (Å²) in [5.74, 6) is 0.513. The van der Waals surface area contributed by atoms with Crippen LogP contribution in [-0.2, 0) is 7.05 Å². The van der Waals surface area contributed by atoms with Gasteiger partial charge in [-0.1, -0.05) is 0 Å². The van der Waals surface area contributed by atoms with E-state index in [-0.39, 0.29) is 12.4 Å². The van der Waals surface area contributed by atoms with Crippen LogP contribution in [0, 0.1) is 0 Å². The van der Waals surface area contributed by atoms with Crippen LogP contribution in [0.4, 0.5) is 0 Å². The molecule has 0 aromatic carbocycles. The molecule has 17 heavy (non-hydrogen) atoms.